The topological polar surface area (TPSA) is 24.5 Å². The molecule has 0 aliphatic carbocycles. The summed E-state index contributed by atoms with van der Waals surface area (Å²) >= 11 is 0. The molecule has 0 aliphatic heterocycles. The summed E-state index contributed by atoms with van der Waals surface area (Å²) in [6.07, 6.45) is 1.11. The predicted octanol–water partition coefficient (Wildman–Crippen LogP) is 3.16. The van der Waals surface area contributed by atoms with E-state index in [-0.39, 0.29) is 5.41 Å². The SMILES string of the molecule is CNC(CCN(C)c1ccccc1OC)C(C)(C)C. The monoisotopic (exact) mass is 264 g/mol. The zero-order valence-electron chi connectivity index (χ0n) is 13.2. The lowest BCUT2D eigenvalue weighted by Crippen LogP contribution is -2.40. The molecule has 0 spiro atoms. The number of ether oxygens (including phenoxy) is 1. The summed E-state index contributed by atoms with van der Waals surface area (Å²) in [7, 11) is 5.88. The van der Waals surface area contributed by atoms with Crippen LogP contribution in [0.2, 0.25) is 0 Å². The first-order chi connectivity index (χ1) is 8.90. The van der Waals surface area contributed by atoms with Crippen molar-refractivity contribution in [3.63, 3.8) is 0 Å². The van der Waals surface area contributed by atoms with Crippen molar-refractivity contribution in [3.05, 3.63) is 24.3 Å². The van der Waals surface area contributed by atoms with Crippen LogP contribution in [0.5, 0.6) is 5.75 Å². The minimum Gasteiger partial charge on any atom is -0.495 e. The quantitative estimate of drug-likeness (QED) is 0.854. The van der Waals surface area contributed by atoms with Crippen molar-refractivity contribution in [3.8, 4) is 5.75 Å². The molecule has 0 heterocycles. The van der Waals surface area contributed by atoms with E-state index in [2.05, 4.69) is 44.1 Å². The van der Waals surface area contributed by atoms with Crippen molar-refractivity contribution < 1.29 is 4.74 Å². The van der Waals surface area contributed by atoms with Gasteiger partial charge in [-0.05, 0) is 31.0 Å². The number of hydrogen-bond donors (Lipinski definition) is 1. The third kappa shape index (κ3) is 4.43. The molecule has 108 valence electrons. The fourth-order valence-electron chi connectivity index (χ4n) is 2.40. The van der Waals surface area contributed by atoms with Crippen molar-refractivity contribution in [2.75, 3.05) is 32.6 Å². The average Bonchev–Trinajstić information content (AvgIpc) is 2.37. The van der Waals surface area contributed by atoms with Gasteiger partial charge in [-0.25, -0.2) is 0 Å². The van der Waals surface area contributed by atoms with Gasteiger partial charge in [-0.15, -0.1) is 0 Å². The van der Waals surface area contributed by atoms with Gasteiger partial charge < -0.3 is 15.0 Å². The van der Waals surface area contributed by atoms with Gasteiger partial charge >= 0.3 is 0 Å². The third-order valence-corrected chi connectivity index (χ3v) is 3.64. The first-order valence-electron chi connectivity index (χ1n) is 6.91. The molecule has 0 amide bonds. The Kier molecular flexibility index (Phi) is 5.67. The summed E-state index contributed by atoms with van der Waals surface area (Å²) in [4.78, 5) is 2.26. The number of nitrogens with one attached hydrogen (secondary N) is 1. The molecule has 0 bridgehead atoms. The number of nitrogens with zero attached hydrogens (tertiary/aromatic N) is 1. The molecule has 0 saturated heterocycles. The number of para-hydroxylation sites is 2. The highest BCUT2D eigenvalue weighted by atomic mass is 16.5. The Bertz CT molecular complexity index is 385. The van der Waals surface area contributed by atoms with Gasteiger partial charge in [-0.3, -0.25) is 0 Å². The fourth-order valence-corrected chi connectivity index (χ4v) is 2.40. The molecule has 1 N–H and O–H groups in total. The molecule has 1 unspecified atom stereocenters. The van der Waals surface area contributed by atoms with E-state index in [4.69, 9.17) is 4.74 Å². The molecule has 0 radical (unpaired) electrons. The van der Waals surface area contributed by atoms with E-state index in [9.17, 15) is 0 Å². The summed E-state index contributed by atoms with van der Waals surface area (Å²) in [6.45, 7) is 7.83. The molecule has 3 heteroatoms. The van der Waals surface area contributed by atoms with Gasteiger partial charge in [-0.2, -0.15) is 0 Å². The minimum absolute atomic E-state index is 0.274. The van der Waals surface area contributed by atoms with Crippen LogP contribution in [0.1, 0.15) is 27.2 Å². The summed E-state index contributed by atoms with van der Waals surface area (Å²) in [5, 5.41) is 3.42. The Balaban J connectivity index is 2.67. The maximum atomic E-state index is 5.41. The normalized spacial score (nSPS) is 13.2. The zero-order valence-corrected chi connectivity index (χ0v) is 13.2. The number of hydrogen-bond acceptors (Lipinski definition) is 3. The number of benzene rings is 1. The smallest absolute Gasteiger partial charge is 0.142 e. The first kappa shape index (κ1) is 15.8. The lowest BCUT2D eigenvalue weighted by Gasteiger charge is -2.32. The lowest BCUT2D eigenvalue weighted by molar-refractivity contribution is 0.269. The number of anilines is 1. The van der Waals surface area contributed by atoms with E-state index in [1.54, 1.807) is 7.11 Å². The zero-order chi connectivity index (χ0) is 14.5. The summed E-state index contributed by atoms with van der Waals surface area (Å²) in [5.41, 5.74) is 1.42. The Morgan fingerprint density at radius 1 is 1.26 bits per heavy atom. The second-order valence-corrected chi connectivity index (χ2v) is 6.09. The first-order valence-corrected chi connectivity index (χ1v) is 6.91. The molecule has 1 rings (SSSR count). The predicted molar refractivity (Wildman–Crippen MR) is 83.2 cm³/mol. The van der Waals surface area contributed by atoms with Crippen LogP contribution in [-0.2, 0) is 0 Å². The largest absolute Gasteiger partial charge is 0.495 e. The highest BCUT2D eigenvalue weighted by Crippen LogP contribution is 2.28. The molecule has 0 aromatic heterocycles. The molecule has 1 atom stereocenters. The molecule has 0 aliphatic rings. The van der Waals surface area contributed by atoms with E-state index < -0.39 is 0 Å². The maximum Gasteiger partial charge on any atom is 0.142 e. The third-order valence-electron chi connectivity index (χ3n) is 3.64. The molecule has 1 aromatic rings. The van der Waals surface area contributed by atoms with Crippen LogP contribution in [0.3, 0.4) is 0 Å². The van der Waals surface area contributed by atoms with Crippen LogP contribution in [0.25, 0.3) is 0 Å². The molecule has 3 nitrogen and oxygen atoms in total. The van der Waals surface area contributed by atoms with Crippen LogP contribution in [-0.4, -0.2) is 33.8 Å². The van der Waals surface area contributed by atoms with Crippen molar-refractivity contribution >= 4 is 5.69 Å². The van der Waals surface area contributed by atoms with Gasteiger partial charge in [0.15, 0.2) is 0 Å². The van der Waals surface area contributed by atoms with Crippen molar-refractivity contribution in [2.45, 2.75) is 33.2 Å². The molecule has 19 heavy (non-hydrogen) atoms. The van der Waals surface area contributed by atoms with E-state index in [1.165, 1.54) is 0 Å². The molecule has 1 aromatic carbocycles. The van der Waals surface area contributed by atoms with Crippen LogP contribution in [0.15, 0.2) is 24.3 Å². The summed E-state index contributed by atoms with van der Waals surface area (Å²) < 4.78 is 5.41. The highest BCUT2D eigenvalue weighted by Gasteiger charge is 2.23. The Labute approximate surface area is 118 Å². The Hall–Kier alpha value is -1.22. The van der Waals surface area contributed by atoms with E-state index in [0.29, 0.717) is 6.04 Å². The van der Waals surface area contributed by atoms with E-state index in [0.717, 1.165) is 24.4 Å². The van der Waals surface area contributed by atoms with Crippen LogP contribution in [0, 0.1) is 5.41 Å². The second kappa shape index (κ2) is 6.80. The number of methoxy groups -OCH3 is 1. The van der Waals surface area contributed by atoms with Crippen LogP contribution in [0.4, 0.5) is 5.69 Å². The minimum atomic E-state index is 0.274. The average molecular weight is 264 g/mol. The Morgan fingerprint density at radius 3 is 2.42 bits per heavy atom. The van der Waals surface area contributed by atoms with E-state index in [1.807, 2.05) is 25.2 Å². The van der Waals surface area contributed by atoms with Gasteiger partial charge in [0.25, 0.3) is 0 Å². The van der Waals surface area contributed by atoms with Gasteiger partial charge in [0.05, 0.1) is 12.8 Å². The molecule has 0 fully saturated rings. The summed E-state index contributed by atoms with van der Waals surface area (Å²) in [5.74, 6) is 0.932. The van der Waals surface area contributed by atoms with Gasteiger partial charge in [0.2, 0.25) is 0 Å². The second-order valence-electron chi connectivity index (χ2n) is 6.09. The fraction of sp³-hybridized carbons (Fsp3) is 0.625. The molecule has 0 saturated carbocycles. The maximum absolute atomic E-state index is 5.41. The van der Waals surface area contributed by atoms with Crippen LogP contribution >= 0.6 is 0 Å². The lowest BCUT2D eigenvalue weighted by atomic mass is 9.85. The molecular formula is C16H28N2O. The highest BCUT2D eigenvalue weighted by molar-refractivity contribution is 5.57. The number of rotatable bonds is 6. The van der Waals surface area contributed by atoms with Crippen LogP contribution < -0.4 is 15.0 Å². The van der Waals surface area contributed by atoms with Gasteiger partial charge in [0.1, 0.15) is 5.75 Å². The Morgan fingerprint density at radius 2 is 1.89 bits per heavy atom. The summed E-state index contributed by atoms with van der Waals surface area (Å²) in [6, 6.07) is 8.66. The van der Waals surface area contributed by atoms with E-state index >= 15 is 0 Å². The van der Waals surface area contributed by atoms with Gasteiger partial charge in [0, 0.05) is 19.6 Å². The standard InChI is InChI=1S/C16H28N2O/c1-16(2,3)15(17-4)11-12-18(5)13-9-7-8-10-14(13)19-6/h7-10,15,17H,11-12H2,1-6H3. The van der Waals surface area contributed by atoms with Gasteiger partial charge in [-0.1, -0.05) is 32.9 Å². The van der Waals surface area contributed by atoms with Crippen molar-refractivity contribution in [1.29, 1.82) is 0 Å². The van der Waals surface area contributed by atoms with Crippen molar-refractivity contribution in [1.82, 2.24) is 5.32 Å². The van der Waals surface area contributed by atoms with Crippen molar-refractivity contribution in [2.24, 2.45) is 5.41 Å². The molecular weight excluding hydrogens is 236 g/mol.